The van der Waals surface area contributed by atoms with Crippen LogP contribution in [0.3, 0.4) is 0 Å². The lowest BCUT2D eigenvalue weighted by Gasteiger charge is -2.37. The lowest BCUT2D eigenvalue weighted by Crippen LogP contribution is -2.48. The number of rotatable bonds is 5. The molecule has 0 radical (unpaired) electrons. The second-order valence-electron chi connectivity index (χ2n) is 11.4. The summed E-state index contributed by atoms with van der Waals surface area (Å²) < 4.78 is 11.1. The van der Waals surface area contributed by atoms with Crippen molar-refractivity contribution in [2.75, 3.05) is 49.6 Å². The summed E-state index contributed by atoms with van der Waals surface area (Å²) in [5.41, 5.74) is 8.18. The second-order valence-corrected chi connectivity index (χ2v) is 11.4. The Hall–Kier alpha value is -4.19. The van der Waals surface area contributed by atoms with Gasteiger partial charge in [0.15, 0.2) is 5.82 Å². The van der Waals surface area contributed by atoms with Gasteiger partial charge in [0, 0.05) is 62.9 Å². The number of hydrogen-bond donors (Lipinski definition) is 2. The third-order valence-corrected chi connectivity index (χ3v) is 7.43. The largest absolute Gasteiger partial charge is 0.444 e. The number of carbonyl (C=O) groups is 3. The van der Waals surface area contributed by atoms with Crippen LogP contribution in [0.5, 0.6) is 0 Å². The molecule has 2 aromatic rings. The van der Waals surface area contributed by atoms with E-state index in [9.17, 15) is 14.4 Å². The van der Waals surface area contributed by atoms with Crippen molar-refractivity contribution >= 4 is 34.9 Å². The predicted octanol–water partition coefficient (Wildman–Crippen LogP) is 2.61. The van der Waals surface area contributed by atoms with E-state index < -0.39 is 11.5 Å². The van der Waals surface area contributed by atoms with Crippen LogP contribution in [0.1, 0.15) is 55.4 Å². The molecule has 5 rings (SSSR count). The Balaban J connectivity index is 1.35. The average molecular weight is 564 g/mol. The Labute approximate surface area is 239 Å². The molecule has 0 spiro atoms. The van der Waals surface area contributed by atoms with Gasteiger partial charge in [-0.3, -0.25) is 9.59 Å². The van der Waals surface area contributed by atoms with Crippen molar-refractivity contribution in [1.29, 1.82) is 0 Å². The lowest BCUT2D eigenvalue weighted by atomic mass is 10.0. The van der Waals surface area contributed by atoms with Crippen LogP contribution < -0.4 is 16.0 Å². The highest BCUT2D eigenvalue weighted by atomic mass is 16.6. The molecule has 1 aromatic heterocycles. The zero-order chi connectivity index (χ0) is 29.1. The first kappa shape index (κ1) is 28.3. The summed E-state index contributed by atoms with van der Waals surface area (Å²) in [6, 6.07) is 5.42. The summed E-state index contributed by atoms with van der Waals surface area (Å²) in [7, 11) is 0. The molecule has 1 aromatic carbocycles. The van der Waals surface area contributed by atoms with E-state index in [0.717, 1.165) is 11.3 Å². The van der Waals surface area contributed by atoms with Gasteiger partial charge in [-0.15, -0.1) is 0 Å². The highest BCUT2D eigenvalue weighted by Crippen LogP contribution is 2.37. The van der Waals surface area contributed by atoms with Crippen LogP contribution in [-0.2, 0) is 20.8 Å². The second kappa shape index (κ2) is 11.7. The van der Waals surface area contributed by atoms with Crippen molar-refractivity contribution in [2.24, 2.45) is 5.73 Å². The van der Waals surface area contributed by atoms with E-state index in [0.29, 0.717) is 70.0 Å². The molecule has 4 heterocycles. The van der Waals surface area contributed by atoms with E-state index in [-0.39, 0.29) is 29.4 Å². The number of amides is 3. The Kier molecular flexibility index (Phi) is 8.11. The number of nitrogens with one attached hydrogen (secondary N) is 1. The van der Waals surface area contributed by atoms with Crippen molar-refractivity contribution in [1.82, 2.24) is 19.8 Å². The number of aromatic nitrogens is 2. The van der Waals surface area contributed by atoms with Crippen molar-refractivity contribution < 1.29 is 23.9 Å². The maximum Gasteiger partial charge on any atom is 0.410 e. The minimum Gasteiger partial charge on any atom is -0.444 e. The molecular formula is C29H37N7O5. The first-order chi connectivity index (χ1) is 19.6. The van der Waals surface area contributed by atoms with Gasteiger partial charge in [0.2, 0.25) is 0 Å². The van der Waals surface area contributed by atoms with E-state index in [1.807, 2.05) is 37.8 Å². The normalized spacial score (nSPS) is 18.4. The number of fused-ring (bicyclic) bond motifs is 1. The summed E-state index contributed by atoms with van der Waals surface area (Å²) in [6.45, 7) is 9.38. The minimum absolute atomic E-state index is 0.000435. The number of benzene rings is 1. The third kappa shape index (κ3) is 6.27. The van der Waals surface area contributed by atoms with Gasteiger partial charge in [-0.1, -0.05) is 0 Å². The molecule has 3 aliphatic rings. The number of morpholine rings is 1. The molecule has 12 nitrogen and oxygen atoms in total. The SMILES string of the molecule is CC(C)(C)OC(=O)N1CCC(N2Cc3cc(NC(=O)C(=CN)c4ncccn4)c(N4CCOCC4)cc3C2=O)CC1. The molecule has 2 saturated heterocycles. The van der Waals surface area contributed by atoms with E-state index in [1.54, 1.807) is 23.4 Å². The van der Waals surface area contributed by atoms with E-state index in [2.05, 4.69) is 20.2 Å². The first-order valence-electron chi connectivity index (χ1n) is 13.9. The molecule has 2 fully saturated rings. The van der Waals surface area contributed by atoms with Crippen molar-refractivity contribution in [3.05, 3.63) is 53.7 Å². The molecule has 3 N–H and O–H groups in total. The number of piperidine rings is 1. The van der Waals surface area contributed by atoms with Crippen molar-refractivity contribution in [3.8, 4) is 0 Å². The van der Waals surface area contributed by atoms with Gasteiger partial charge in [0.1, 0.15) is 5.60 Å². The average Bonchev–Trinajstić information content (AvgIpc) is 3.28. The molecule has 41 heavy (non-hydrogen) atoms. The summed E-state index contributed by atoms with van der Waals surface area (Å²) in [5.74, 6) is -0.257. The Morgan fingerprint density at radius 1 is 1.10 bits per heavy atom. The van der Waals surface area contributed by atoms with Crippen LogP contribution >= 0.6 is 0 Å². The van der Waals surface area contributed by atoms with Gasteiger partial charge in [-0.2, -0.15) is 0 Å². The molecular weight excluding hydrogens is 526 g/mol. The summed E-state index contributed by atoms with van der Waals surface area (Å²) in [6.07, 6.45) is 5.30. The number of carbonyl (C=O) groups excluding carboxylic acids is 3. The standard InChI is InChI=1S/C29H37N7O5/c1-29(2,3)41-28(39)35-9-5-20(6-10-35)36-18-19-15-23(33-26(37)22(17-30)25-31-7-4-8-32-25)24(16-21(19)27(36)38)34-11-13-40-14-12-34/h4,7-8,15-17,20H,5-6,9-14,18,30H2,1-3H3,(H,33,37). The zero-order valence-electron chi connectivity index (χ0n) is 23.8. The molecule has 3 aliphatic heterocycles. The van der Waals surface area contributed by atoms with Crippen LogP contribution in [0.15, 0.2) is 36.8 Å². The molecule has 12 heteroatoms. The summed E-state index contributed by atoms with van der Waals surface area (Å²) in [4.78, 5) is 53.5. The maximum absolute atomic E-state index is 13.7. The van der Waals surface area contributed by atoms with Gasteiger partial charge in [-0.25, -0.2) is 14.8 Å². The predicted molar refractivity (Wildman–Crippen MR) is 153 cm³/mol. The number of likely N-dealkylation sites (tertiary alicyclic amines) is 1. The molecule has 0 bridgehead atoms. The lowest BCUT2D eigenvalue weighted by molar-refractivity contribution is -0.111. The zero-order valence-corrected chi connectivity index (χ0v) is 23.8. The van der Waals surface area contributed by atoms with Gasteiger partial charge in [0.05, 0.1) is 30.2 Å². The van der Waals surface area contributed by atoms with Gasteiger partial charge >= 0.3 is 6.09 Å². The highest BCUT2D eigenvalue weighted by Gasteiger charge is 2.37. The number of ether oxygens (including phenoxy) is 2. The van der Waals surface area contributed by atoms with Crippen LogP contribution in [0.2, 0.25) is 0 Å². The number of anilines is 2. The number of nitrogens with two attached hydrogens (primary N) is 1. The van der Waals surface area contributed by atoms with Crippen molar-refractivity contribution in [2.45, 2.75) is 51.8 Å². The monoisotopic (exact) mass is 563 g/mol. The molecule has 0 unspecified atom stereocenters. The topological polar surface area (TPSA) is 143 Å². The smallest absolute Gasteiger partial charge is 0.410 e. The van der Waals surface area contributed by atoms with Gasteiger partial charge in [0.25, 0.3) is 11.8 Å². The van der Waals surface area contributed by atoms with Crippen LogP contribution in [0.4, 0.5) is 16.2 Å². The molecule has 0 saturated carbocycles. The fourth-order valence-electron chi connectivity index (χ4n) is 5.40. The highest BCUT2D eigenvalue weighted by molar-refractivity contribution is 6.25. The van der Waals surface area contributed by atoms with E-state index in [1.165, 1.54) is 6.20 Å². The number of hydrogen-bond acceptors (Lipinski definition) is 9. The third-order valence-electron chi connectivity index (χ3n) is 7.43. The summed E-state index contributed by atoms with van der Waals surface area (Å²) in [5, 5.41) is 3.00. The molecule has 218 valence electrons. The minimum atomic E-state index is -0.555. The van der Waals surface area contributed by atoms with Crippen LogP contribution in [0, 0.1) is 0 Å². The van der Waals surface area contributed by atoms with Crippen LogP contribution in [0.25, 0.3) is 5.57 Å². The Morgan fingerprint density at radius 3 is 2.41 bits per heavy atom. The quantitative estimate of drug-likeness (QED) is 0.525. The fourth-order valence-corrected chi connectivity index (χ4v) is 5.40. The maximum atomic E-state index is 13.7. The Morgan fingerprint density at radius 2 is 1.78 bits per heavy atom. The summed E-state index contributed by atoms with van der Waals surface area (Å²) >= 11 is 0. The molecule has 3 amide bonds. The molecule has 0 aliphatic carbocycles. The van der Waals surface area contributed by atoms with E-state index in [4.69, 9.17) is 15.2 Å². The number of nitrogens with zero attached hydrogens (tertiary/aromatic N) is 5. The Bertz CT molecular complexity index is 1330. The van der Waals surface area contributed by atoms with Crippen molar-refractivity contribution in [3.63, 3.8) is 0 Å². The van der Waals surface area contributed by atoms with Crippen LogP contribution in [-0.4, -0.2) is 88.7 Å². The molecule has 0 atom stereocenters. The first-order valence-corrected chi connectivity index (χ1v) is 13.9. The van der Waals surface area contributed by atoms with Gasteiger partial charge in [-0.05, 0) is 57.4 Å². The van der Waals surface area contributed by atoms with E-state index >= 15 is 0 Å². The van der Waals surface area contributed by atoms with Gasteiger partial charge < -0.3 is 35.2 Å². The fraction of sp³-hybridized carbons (Fsp3) is 0.483.